The molecule has 0 spiro atoms. The van der Waals surface area contributed by atoms with Gasteiger partial charge >= 0.3 is 0 Å². The van der Waals surface area contributed by atoms with Crippen LogP contribution in [-0.2, 0) is 23.2 Å². The van der Waals surface area contributed by atoms with Crippen LogP contribution >= 0.6 is 34.5 Å². The average Bonchev–Trinajstić information content (AvgIpc) is 2.83. The monoisotopic (exact) mass is 365 g/mol. The van der Waals surface area contributed by atoms with Crippen molar-refractivity contribution in [3.63, 3.8) is 0 Å². The predicted octanol–water partition coefficient (Wildman–Crippen LogP) is 3.37. The van der Waals surface area contributed by atoms with E-state index in [1.807, 2.05) is 0 Å². The van der Waals surface area contributed by atoms with Crippen molar-refractivity contribution < 1.29 is 13.5 Å². The molecule has 0 radical (unpaired) electrons. The Kier molecular flexibility index (Phi) is 5.29. The Morgan fingerprint density at radius 2 is 1.95 bits per heavy atom. The molecule has 114 valence electrons. The zero-order chi connectivity index (χ0) is 15.6. The summed E-state index contributed by atoms with van der Waals surface area (Å²) in [6.45, 7) is 0.00177. The van der Waals surface area contributed by atoms with Gasteiger partial charge in [-0.1, -0.05) is 29.3 Å². The minimum Gasteiger partial charge on any atom is -0.392 e. The standard InChI is InChI=1S/C13H13Cl2NO3S2/c1-16(7-10-3-5-13(15)20-10)21(18,19)11-4-2-9(8-17)12(14)6-11/h2-6,17H,7-8H2,1H3. The number of aliphatic hydroxyl groups excluding tert-OH is 1. The molecule has 0 fully saturated rings. The first-order valence-corrected chi connectivity index (χ1v) is 8.95. The number of hydrogen-bond donors (Lipinski definition) is 1. The summed E-state index contributed by atoms with van der Waals surface area (Å²) in [5, 5.41) is 9.29. The summed E-state index contributed by atoms with van der Waals surface area (Å²) in [4.78, 5) is 0.944. The van der Waals surface area contributed by atoms with Crippen molar-refractivity contribution in [2.45, 2.75) is 18.0 Å². The minimum atomic E-state index is -3.64. The van der Waals surface area contributed by atoms with E-state index in [4.69, 9.17) is 28.3 Å². The second-order valence-electron chi connectivity index (χ2n) is 4.38. The van der Waals surface area contributed by atoms with E-state index in [1.54, 1.807) is 12.1 Å². The first kappa shape index (κ1) is 16.7. The number of rotatable bonds is 5. The van der Waals surface area contributed by atoms with Crippen molar-refractivity contribution in [1.82, 2.24) is 4.31 Å². The highest BCUT2D eigenvalue weighted by atomic mass is 35.5. The van der Waals surface area contributed by atoms with Crippen LogP contribution in [0.25, 0.3) is 0 Å². The molecule has 0 saturated carbocycles. The van der Waals surface area contributed by atoms with E-state index in [2.05, 4.69) is 0 Å². The third-order valence-corrected chi connectivity index (χ3v) is 6.28. The van der Waals surface area contributed by atoms with Crippen LogP contribution in [0.2, 0.25) is 9.36 Å². The Hall–Kier alpha value is -0.630. The summed E-state index contributed by atoms with van der Waals surface area (Å²) in [6, 6.07) is 7.81. The van der Waals surface area contributed by atoms with Gasteiger partial charge in [0.05, 0.1) is 15.8 Å². The summed E-state index contributed by atoms with van der Waals surface area (Å²) in [5.74, 6) is 0. The molecule has 4 nitrogen and oxygen atoms in total. The third kappa shape index (κ3) is 3.77. The van der Waals surface area contributed by atoms with Crippen molar-refractivity contribution >= 4 is 44.6 Å². The maximum Gasteiger partial charge on any atom is 0.243 e. The number of aliphatic hydroxyl groups is 1. The third-order valence-electron chi connectivity index (χ3n) is 2.91. The molecular weight excluding hydrogens is 353 g/mol. The van der Waals surface area contributed by atoms with E-state index in [9.17, 15) is 8.42 Å². The Bertz CT molecular complexity index is 744. The number of thiophene rings is 1. The lowest BCUT2D eigenvalue weighted by Crippen LogP contribution is -2.26. The summed E-state index contributed by atoms with van der Waals surface area (Å²) in [5.41, 5.74) is 0.489. The Balaban J connectivity index is 2.26. The van der Waals surface area contributed by atoms with Crippen LogP contribution in [-0.4, -0.2) is 24.9 Å². The molecule has 1 aromatic heterocycles. The lowest BCUT2D eigenvalue weighted by molar-refractivity contribution is 0.282. The molecule has 0 amide bonds. The molecule has 0 saturated heterocycles. The van der Waals surface area contributed by atoms with Crippen molar-refractivity contribution in [1.29, 1.82) is 0 Å². The highest BCUT2D eigenvalue weighted by Gasteiger charge is 2.22. The number of halogens is 2. The topological polar surface area (TPSA) is 57.6 Å². The van der Waals surface area contributed by atoms with E-state index in [0.29, 0.717) is 9.90 Å². The van der Waals surface area contributed by atoms with Crippen molar-refractivity contribution in [3.8, 4) is 0 Å². The molecule has 1 heterocycles. The number of benzene rings is 1. The Morgan fingerprint density at radius 3 is 2.48 bits per heavy atom. The second kappa shape index (κ2) is 6.64. The van der Waals surface area contributed by atoms with Gasteiger partial charge in [-0.2, -0.15) is 4.31 Å². The van der Waals surface area contributed by atoms with E-state index in [-0.39, 0.29) is 23.1 Å². The van der Waals surface area contributed by atoms with E-state index in [1.165, 1.54) is 40.9 Å². The average molecular weight is 366 g/mol. The van der Waals surface area contributed by atoms with Gasteiger partial charge in [0, 0.05) is 23.5 Å². The fourth-order valence-corrected chi connectivity index (χ4v) is 4.44. The van der Waals surface area contributed by atoms with E-state index in [0.717, 1.165) is 4.88 Å². The maximum absolute atomic E-state index is 12.5. The zero-order valence-electron chi connectivity index (χ0n) is 11.1. The van der Waals surface area contributed by atoms with Crippen molar-refractivity contribution in [2.75, 3.05) is 7.05 Å². The molecule has 1 N–H and O–H groups in total. The Morgan fingerprint density at radius 1 is 1.24 bits per heavy atom. The van der Waals surface area contributed by atoms with Gasteiger partial charge in [0.1, 0.15) is 0 Å². The van der Waals surface area contributed by atoms with Gasteiger partial charge in [-0.25, -0.2) is 8.42 Å². The largest absolute Gasteiger partial charge is 0.392 e. The predicted molar refractivity (Wildman–Crippen MR) is 85.4 cm³/mol. The van der Waals surface area contributed by atoms with E-state index >= 15 is 0 Å². The minimum absolute atomic E-state index is 0.0925. The summed E-state index contributed by atoms with van der Waals surface area (Å²) in [6.07, 6.45) is 0. The smallest absolute Gasteiger partial charge is 0.243 e. The summed E-state index contributed by atoms with van der Waals surface area (Å²) in [7, 11) is -2.15. The number of sulfonamides is 1. The lowest BCUT2D eigenvalue weighted by atomic mass is 10.2. The van der Waals surface area contributed by atoms with Gasteiger partial charge in [-0.15, -0.1) is 11.3 Å². The van der Waals surface area contributed by atoms with Crippen molar-refractivity contribution in [3.05, 3.63) is 50.1 Å². The fraction of sp³-hybridized carbons (Fsp3) is 0.231. The van der Waals surface area contributed by atoms with Gasteiger partial charge in [0.2, 0.25) is 10.0 Å². The molecule has 0 aliphatic heterocycles. The lowest BCUT2D eigenvalue weighted by Gasteiger charge is -2.17. The normalized spacial score (nSPS) is 12.0. The van der Waals surface area contributed by atoms with Crippen molar-refractivity contribution in [2.24, 2.45) is 0 Å². The van der Waals surface area contributed by atoms with Crippen LogP contribution in [0.4, 0.5) is 0 Å². The molecule has 8 heteroatoms. The molecule has 0 unspecified atom stereocenters. The molecule has 2 rings (SSSR count). The molecule has 0 aliphatic rings. The van der Waals surface area contributed by atoms with E-state index < -0.39 is 10.0 Å². The summed E-state index contributed by atoms with van der Waals surface area (Å²) < 4.78 is 26.8. The molecule has 2 aromatic rings. The highest BCUT2D eigenvalue weighted by molar-refractivity contribution is 7.89. The quantitative estimate of drug-likeness (QED) is 0.883. The molecule has 0 aliphatic carbocycles. The van der Waals surface area contributed by atoms with Crippen LogP contribution in [0.3, 0.4) is 0 Å². The first-order chi connectivity index (χ1) is 9.84. The van der Waals surface area contributed by atoms with Gasteiger partial charge in [-0.3, -0.25) is 0 Å². The molecular formula is C13H13Cl2NO3S2. The molecule has 0 bridgehead atoms. The first-order valence-electron chi connectivity index (χ1n) is 5.94. The highest BCUT2D eigenvalue weighted by Crippen LogP contribution is 2.26. The fourth-order valence-electron chi connectivity index (χ4n) is 1.74. The van der Waals surface area contributed by atoms with Crippen LogP contribution < -0.4 is 0 Å². The van der Waals surface area contributed by atoms with Crippen LogP contribution in [0, 0.1) is 0 Å². The number of hydrogen-bond acceptors (Lipinski definition) is 4. The number of nitrogens with zero attached hydrogens (tertiary/aromatic N) is 1. The van der Waals surface area contributed by atoms with Crippen LogP contribution in [0.1, 0.15) is 10.4 Å². The summed E-state index contributed by atoms with van der Waals surface area (Å²) >= 11 is 13.1. The van der Waals surface area contributed by atoms with Crippen LogP contribution in [0.5, 0.6) is 0 Å². The molecule has 0 atom stereocenters. The van der Waals surface area contributed by atoms with Crippen LogP contribution in [0.15, 0.2) is 35.2 Å². The van der Waals surface area contributed by atoms with Gasteiger partial charge in [-0.05, 0) is 29.8 Å². The second-order valence-corrected chi connectivity index (χ2v) is 8.63. The molecule has 21 heavy (non-hydrogen) atoms. The zero-order valence-corrected chi connectivity index (χ0v) is 14.2. The SMILES string of the molecule is CN(Cc1ccc(Cl)s1)S(=O)(=O)c1ccc(CO)c(Cl)c1. The maximum atomic E-state index is 12.5. The molecule has 1 aromatic carbocycles. The van der Waals surface area contributed by atoms with Gasteiger partial charge in [0.15, 0.2) is 0 Å². The Labute approximate surface area is 137 Å². The van der Waals surface area contributed by atoms with Gasteiger partial charge in [0.25, 0.3) is 0 Å². The van der Waals surface area contributed by atoms with Gasteiger partial charge < -0.3 is 5.11 Å².